The van der Waals surface area contributed by atoms with Crippen molar-refractivity contribution in [1.82, 2.24) is 4.90 Å². The smallest absolute Gasteiger partial charge is 0.229 e. The van der Waals surface area contributed by atoms with Crippen LogP contribution in [-0.2, 0) is 0 Å². The first-order valence-electron chi connectivity index (χ1n) is 6.84. The van der Waals surface area contributed by atoms with Crippen LogP contribution in [0.1, 0.15) is 25.7 Å². The van der Waals surface area contributed by atoms with E-state index in [4.69, 9.17) is 23.1 Å². The van der Waals surface area contributed by atoms with Crippen molar-refractivity contribution in [2.24, 2.45) is 21.5 Å². The lowest BCUT2D eigenvalue weighted by atomic mass is 10.2. The van der Waals surface area contributed by atoms with Crippen LogP contribution in [-0.4, -0.2) is 29.9 Å². The number of benzene rings is 1. The predicted molar refractivity (Wildman–Crippen MR) is 84.4 cm³/mol. The molecule has 20 heavy (non-hydrogen) atoms. The second-order valence-corrected chi connectivity index (χ2v) is 5.26. The summed E-state index contributed by atoms with van der Waals surface area (Å²) in [7, 11) is 0. The number of nitrogens with two attached hydrogens (primary N) is 2. The lowest BCUT2D eigenvalue weighted by Gasteiger charge is -2.21. The van der Waals surface area contributed by atoms with E-state index in [1.165, 1.54) is 12.8 Å². The summed E-state index contributed by atoms with van der Waals surface area (Å²) < 4.78 is 0. The summed E-state index contributed by atoms with van der Waals surface area (Å²) in [5.41, 5.74) is 11.8. The summed E-state index contributed by atoms with van der Waals surface area (Å²) in [5.74, 6) is 0.608. The number of hydrogen-bond acceptors (Lipinski definition) is 1. The fraction of sp³-hybridized carbons (Fsp3) is 0.429. The molecule has 1 aliphatic rings. The molecular formula is C14H20ClN5. The van der Waals surface area contributed by atoms with E-state index in [0.29, 0.717) is 11.0 Å². The maximum atomic E-state index is 5.88. The van der Waals surface area contributed by atoms with Gasteiger partial charge >= 0.3 is 0 Å². The first kappa shape index (κ1) is 14.7. The molecule has 4 N–H and O–H groups in total. The number of rotatable bonds is 1. The molecule has 0 spiro atoms. The van der Waals surface area contributed by atoms with Crippen molar-refractivity contribution in [3.05, 3.63) is 29.3 Å². The molecule has 0 saturated carbocycles. The third kappa shape index (κ3) is 4.42. The van der Waals surface area contributed by atoms with E-state index in [2.05, 4.69) is 14.9 Å². The van der Waals surface area contributed by atoms with Crippen molar-refractivity contribution in [3.63, 3.8) is 0 Å². The van der Waals surface area contributed by atoms with Gasteiger partial charge < -0.3 is 16.4 Å². The minimum Gasteiger partial charge on any atom is -0.370 e. The van der Waals surface area contributed by atoms with Crippen molar-refractivity contribution in [2.75, 3.05) is 13.1 Å². The Bertz CT molecular complexity index is 483. The Balaban J connectivity index is 2.26. The zero-order chi connectivity index (χ0) is 14.4. The van der Waals surface area contributed by atoms with Gasteiger partial charge in [-0.15, -0.1) is 0 Å². The number of guanidine groups is 2. The Morgan fingerprint density at radius 2 is 1.60 bits per heavy atom. The van der Waals surface area contributed by atoms with Crippen molar-refractivity contribution in [3.8, 4) is 0 Å². The van der Waals surface area contributed by atoms with E-state index in [1.54, 1.807) is 12.1 Å². The summed E-state index contributed by atoms with van der Waals surface area (Å²) in [4.78, 5) is 10.9. The number of hydrogen-bond donors (Lipinski definition) is 2. The summed E-state index contributed by atoms with van der Waals surface area (Å²) in [6.45, 7) is 1.87. The summed E-state index contributed by atoms with van der Waals surface area (Å²) in [5, 5.41) is 0.683. The maximum Gasteiger partial charge on any atom is 0.229 e. The highest BCUT2D eigenvalue weighted by Gasteiger charge is 2.13. The third-order valence-electron chi connectivity index (χ3n) is 3.17. The average Bonchev–Trinajstić information content (AvgIpc) is 2.69. The van der Waals surface area contributed by atoms with E-state index >= 15 is 0 Å². The minimum atomic E-state index is 0.0296. The van der Waals surface area contributed by atoms with Gasteiger partial charge in [-0.05, 0) is 37.1 Å². The fourth-order valence-corrected chi connectivity index (χ4v) is 2.31. The predicted octanol–water partition coefficient (Wildman–Crippen LogP) is 2.48. The molecule has 1 fully saturated rings. The van der Waals surface area contributed by atoms with Crippen molar-refractivity contribution in [1.29, 1.82) is 0 Å². The Morgan fingerprint density at radius 3 is 2.15 bits per heavy atom. The van der Waals surface area contributed by atoms with Crippen LogP contribution < -0.4 is 11.5 Å². The van der Waals surface area contributed by atoms with Gasteiger partial charge in [0.15, 0.2) is 5.96 Å². The number of halogens is 1. The first-order chi connectivity index (χ1) is 9.65. The van der Waals surface area contributed by atoms with Crippen LogP contribution in [0.4, 0.5) is 5.69 Å². The van der Waals surface area contributed by atoms with Gasteiger partial charge in [0.1, 0.15) is 0 Å². The van der Waals surface area contributed by atoms with Gasteiger partial charge in [0.25, 0.3) is 0 Å². The van der Waals surface area contributed by atoms with Crippen molar-refractivity contribution >= 4 is 29.2 Å². The summed E-state index contributed by atoms with van der Waals surface area (Å²) in [6, 6.07) is 7.30. The van der Waals surface area contributed by atoms with Crippen LogP contribution in [0.2, 0.25) is 5.02 Å². The molecular weight excluding hydrogens is 274 g/mol. The Hall–Kier alpha value is -1.75. The van der Waals surface area contributed by atoms with Gasteiger partial charge in [-0.1, -0.05) is 24.4 Å². The van der Waals surface area contributed by atoms with Crippen LogP contribution in [0.15, 0.2) is 34.3 Å². The van der Waals surface area contributed by atoms with E-state index in [0.717, 1.165) is 31.6 Å². The standard InChI is InChI=1S/C14H20ClN5/c15-11-5-7-12(8-6-11)18-14(19-13(16)17)20-9-3-1-2-4-10-20/h5-8H,1-4,9-10H2,(H4,16,17,18,19). The number of aliphatic imine (C=N–C) groups is 2. The van der Waals surface area contributed by atoms with Gasteiger partial charge in [-0.3, -0.25) is 0 Å². The van der Waals surface area contributed by atoms with Gasteiger partial charge in [-0.2, -0.15) is 4.99 Å². The second-order valence-electron chi connectivity index (χ2n) is 4.83. The zero-order valence-electron chi connectivity index (χ0n) is 11.4. The summed E-state index contributed by atoms with van der Waals surface area (Å²) in [6.07, 6.45) is 4.76. The van der Waals surface area contributed by atoms with Gasteiger partial charge in [0.05, 0.1) is 5.69 Å². The van der Waals surface area contributed by atoms with E-state index in [1.807, 2.05) is 12.1 Å². The molecule has 0 radical (unpaired) electrons. The molecule has 6 heteroatoms. The number of likely N-dealkylation sites (tertiary alicyclic amines) is 1. The van der Waals surface area contributed by atoms with E-state index in [9.17, 15) is 0 Å². The molecule has 0 amide bonds. The van der Waals surface area contributed by atoms with Crippen molar-refractivity contribution in [2.45, 2.75) is 25.7 Å². The highest BCUT2D eigenvalue weighted by Crippen LogP contribution is 2.18. The Labute approximate surface area is 124 Å². The molecule has 108 valence electrons. The largest absolute Gasteiger partial charge is 0.370 e. The minimum absolute atomic E-state index is 0.0296. The lowest BCUT2D eigenvalue weighted by Crippen LogP contribution is -2.34. The molecule has 0 atom stereocenters. The molecule has 1 aromatic rings. The normalized spacial score (nSPS) is 16.6. The highest BCUT2D eigenvalue weighted by molar-refractivity contribution is 6.30. The molecule has 5 nitrogen and oxygen atoms in total. The van der Waals surface area contributed by atoms with Crippen LogP contribution in [0.5, 0.6) is 0 Å². The number of nitrogens with zero attached hydrogens (tertiary/aromatic N) is 3. The maximum absolute atomic E-state index is 5.88. The highest BCUT2D eigenvalue weighted by atomic mass is 35.5. The van der Waals surface area contributed by atoms with E-state index < -0.39 is 0 Å². The van der Waals surface area contributed by atoms with Gasteiger partial charge in [-0.25, -0.2) is 4.99 Å². The molecule has 1 aliphatic heterocycles. The SMILES string of the molecule is NC(N)=NC(=Nc1ccc(Cl)cc1)N1CCCCCC1. The van der Waals surface area contributed by atoms with Crippen LogP contribution in [0.25, 0.3) is 0 Å². The molecule has 1 heterocycles. The van der Waals surface area contributed by atoms with Crippen LogP contribution in [0, 0.1) is 0 Å². The zero-order valence-corrected chi connectivity index (χ0v) is 12.2. The first-order valence-corrected chi connectivity index (χ1v) is 7.22. The molecule has 1 saturated heterocycles. The Morgan fingerprint density at radius 1 is 1.00 bits per heavy atom. The molecule has 0 unspecified atom stereocenters. The van der Waals surface area contributed by atoms with Gasteiger partial charge in [0, 0.05) is 18.1 Å². The average molecular weight is 294 g/mol. The van der Waals surface area contributed by atoms with Crippen LogP contribution in [0.3, 0.4) is 0 Å². The summed E-state index contributed by atoms with van der Waals surface area (Å²) >= 11 is 5.88. The molecule has 2 rings (SSSR count). The molecule has 0 bridgehead atoms. The quantitative estimate of drug-likeness (QED) is 0.616. The topological polar surface area (TPSA) is 80.0 Å². The fourth-order valence-electron chi connectivity index (χ4n) is 2.18. The monoisotopic (exact) mass is 293 g/mol. The molecule has 0 aromatic heterocycles. The van der Waals surface area contributed by atoms with E-state index in [-0.39, 0.29) is 5.96 Å². The van der Waals surface area contributed by atoms with Crippen LogP contribution >= 0.6 is 11.6 Å². The second kappa shape index (κ2) is 7.14. The van der Waals surface area contributed by atoms with Gasteiger partial charge in [0.2, 0.25) is 5.96 Å². The van der Waals surface area contributed by atoms with Crippen molar-refractivity contribution < 1.29 is 0 Å². The molecule has 0 aliphatic carbocycles. The Kier molecular flexibility index (Phi) is 5.24. The molecule has 1 aromatic carbocycles. The lowest BCUT2D eigenvalue weighted by molar-refractivity contribution is 0.431. The third-order valence-corrected chi connectivity index (χ3v) is 3.43.